The van der Waals surface area contributed by atoms with Gasteiger partial charge in [0, 0.05) is 13.5 Å². The zero-order valence-corrected chi connectivity index (χ0v) is 12.2. The van der Waals surface area contributed by atoms with Gasteiger partial charge in [-0.25, -0.2) is 9.97 Å². The summed E-state index contributed by atoms with van der Waals surface area (Å²) < 4.78 is 5.32. The number of ether oxygens (including phenoxy) is 1. The van der Waals surface area contributed by atoms with Crippen molar-refractivity contribution in [1.29, 1.82) is 0 Å². The third-order valence-electron chi connectivity index (χ3n) is 3.55. The Morgan fingerprint density at radius 2 is 2.32 bits per heavy atom. The van der Waals surface area contributed by atoms with Crippen LogP contribution in [0, 0.1) is 5.92 Å². The van der Waals surface area contributed by atoms with Gasteiger partial charge in [0.2, 0.25) is 0 Å². The van der Waals surface area contributed by atoms with Gasteiger partial charge in [-0.05, 0) is 30.2 Å². The lowest BCUT2D eigenvalue weighted by molar-refractivity contribution is 0.179. The molecule has 0 radical (unpaired) electrons. The van der Waals surface area contributed by atoms with E-state index in [4.69, 9.17) is 4.74 Å². The quantitative estimate of drug-likeness (QED) is 0.881. The first-order valence-corrected chi connectivity index (χ1v) is 7.69. The van der Waals surface area contributed by atoms with E-state index in [0.717, 1.165) is 40.8 Å². The highest BCUT2D eigenvalue weighted by Gasteiger charge is 2.31. The molecule has 0 aliphatic heterocycles. The molecule has 1 aliphatic rings. The molecular weight excluding hydrogens is 258 g/mol. The van der Waals surface area contributed by atoms with Crippen LogP contribution < -0.4 is 5.32 Å². The average Bonchev–Trinajstić information content (AvgIpc) is 3.16. The Hall–Kier alpha value is -1.20. The summed E-state index contributed by atoms with van der Waals surface area (Å²) >= 11 is 1.67. The number of nitrogens with zero attached hydrogens (tertiary/aromatic N) is 2. The van der Waals surface area contributed by atoms with Crippen LogP contribution in [0.2, 0.25) is 0 Å². The number of nitrogens with one attached hydrogen (secondary N) is 1. The molecule has 19 heavy (non-hydrogen) atoms. The minimum absolute atomic E-state index is 0.368. The van der Waals surface area contributed by atoms with E-state index in [-0.39, 0.29) is 0 Å². The third kappa shape index (κ3) is 2.72. The second kappa shape index (κ2) is 5.43. The molecule has 0 amide bonds. The largest absolute Gasteiger partial charge is 0.383 e. The summed E-state index contributed by atoms with van der Waals surface area (Å²) in [4.78, 5) is 10.3. The zero-order chi connectivity index (χ0) is 13.2. The van der Waals surface area contributed by atoms with Crippen molar-refractivity contribution in [3.63, 3.8) is 0 Å². The van der Waals surface area contributed by atoms with Gasteiger partial charge in [-0.3, -0.25) is 0 Å². The first-order chi connectivity index (χ1) is 9.31. The van der Waals surface area contributed by atoms with Gasteiger partial charge in [-0.1, -0.05) is 6.92 Å². The molecular formula is C14H19N3OS. The van der Waals surface area contributed by atoms with Crippen molar-refractivity contribution in [2.75, 3.05) is 19.0 Å². The summed E-state index contributed by atoms with van der Waals surface area (Å²) in [6.07, 6.45) is 3.44. The summed E-state index contributed by atoms with van der Waals surface area (Å²) in [6.45, 7) is 2.83. The number of methoxy groups -OCH3 is 1. The number of hydrogen-bond acceptors (Lipinski definition) is 5. The van der Waals surface area contributed by atoms with Crippen LogP contribution in [-0.2, 0) is 11.2 Å². The normalized spacial score (nSPS) is 16.7. The van der Waals surface area contributed by atoms with Crippen LogP contribution in [0.15, 0.2) is 11.4 Å². The molecule has 1 atom stereocenters. The first-order valence-electron chi connectivity index (χ1n) is 6.81. The molecule has 2 heterocycles. The van der Waals surface area contributed by atoms with Crippen LogP contribution in [0.3, 0.4) is 0 Å². The second-order valence-corrected chi connectivity index (χ2v) is 5.92. The Morgan fingerprint density at radius 3 is 3.00 bits per heavy atom. The molecule has 0 spiro atoms. The van der Waals surface area contributed by atoms with Gasteiger partial charge < -0.3 is 10.1 Å². The molecule has 2 aromatic rings. The van der Waals surface area contributed by atoms with E-state index in [9.17, 15) is 0 Å². The van der Waals surface area contributed by atoms with Crippen LogP contribution in [0.4, 0.5) is 5.82 Å². The molecule has 2 aromatic heterocycles. The van der Waals surface area contributed by atoms with Crippen molar-refractivity contribution in [1.82, 2.24) is 9.97 Å². The Morgan fingerprint density at radius 1 is 1.47 bits per heavy atom. The summed E-state index contributed by atoms with van der Waals surface area (Å²) in [7, 11) is 1.76. The molecule has 4 nitrogen and oxygen atoms in total. The number of fused-ring (bicyclic) bond motifs is 1. The predicted octanol–water partition coefficient (Wildman–Crippen LogP) is 3.09. The zero-order valence-electron chi connectivity index (χ0n) is 11.3. The first kappa shape index (κ1) is 12.8. The highest BCUT2D eigenvalue weighted by atomic mass is 32.1. The highest BCUT2D eigenvalue weighted by Crippen LogP contribution is 2.35. The van der Waals surface area contributed by atoms with Crippen molar-refractivity contribution in [2.24, 2.45) is 5.92 Å². The summed E-state index contributed by atoms with van der Waals surface area (Å²) in [5.41, 5.74) is 0. The number of rotatable bonds is 6. The maximum atomic E-state index is 5.32. The molecule has 0 aromatic carbocycles. The van der Waals surface area contributed by atoms with Gasteiger partial charge in [-0.15, -0.1) is 11.3 Å². The molecule has 1 saturated carbocycles. The number of anilines is 1. The van der Waals surface area contributed by atoms with Crippen LogP contribution in [0.5, 0.6) is 0 Å². The Bertz CT molecular complexity index is 565. The van der Waals surface area contributed by atoms with Crippen molar-refractivity contribution in [3.8, 4) is 0 Å². The van der Waals surface area contributed by atoms with Gasteiger partial charge in [0.05, 0.1) is 18.0 Å². The maximum Gasteiger partial charge on any atom is 0.138 e. The van der Waals surface area contributed by atoms with Crippen LogP contribution >= 0.6 is 11.3 Å². The molecule has 0 bridgehead atoms. The van der Waals surface area contributed by atoms with Gasteiger partial charge >= 0.3 is 0 Å². The van der Waals surface area contributed by atoms with E-state index in [1.165, 1.54) is 12.8 Å². The fourth-order valence-electron chi connectivity index (χ4n) is 2.32. The molecule has 1 fully saturated rings. The van der Waals surface area contributed by atoms with Crippen LogP contribution in [0.25, 0.3) is 10.2 Å². The smallest absolute Gasteiger partial charge is 0.138 e. The molecule has 1 N–H and O–H groups in total. The molecule has 1 unspecified atom stereocenters. The molecule has 3 rings (SSSR count). The number of hydrogen-bond donors (Lipinski definition) is 1. The van der Waals surface area contributed by atoms with Gasteiger partial charge in [0.15, 0.2) is 0 Å². The van der Waals surface area contributed by atoms with Crippen molar-refractivity contribution >= 4 is 27.4 Å². The molecule has 102 valence electrons. The fraction of sp³-hybridized carbons (Fsp3) is 0.571. The average molecular weight is 277 g/mol. The Kier molecular flexibility index (Phi) is 3.66. The van der Waals surface area contributed by atoms with E-state index in [1.54, 1.807) is 18.4 Å². The second-order valence-electron chi connectivity index (χ2n) is 5.03. The predicted molar refractivity (Wildman–Crippen MR) is 78.8 cm³/mol. The molecule has 1 aliphatic carbocycles. The van der Waals surface area contributed by atoms with E-state index in [2.05, 4.69) is 33.7 Å². The highest BCUT2D eigenvalue weighted by molar-refractivity contribution is 7.16. The standard InChI is InChI=1S/C14H19N3OS/c1-3-12-16-13(10-6-7-19-14(10)17-12)15-11(8-18-2)9-4-5-9/h6-7,9,11H,3-5,8H2,1-2H3,(H,15,16,17). The van der Waals surface area contributed by atoms with E-state index in [0.29, 0.717) is 6.04 Å². The monoisotopic (exact) mass is 277 g/mol. The lowest BCUT2D eigenvalue weighted by atomic mass is 10.2. The van der Waals surface area contributed by atoms with Gasteiger partial charge in [0.25, 0.3) is 0 Å². The third-order valence-corrected chi connectivity index (χ3v) is 4.35. The maximum absolute atomic E-state index is 5.32. The minimum Gasteiger partial charge on any atom is -0.383 e. The van der Waals surface area contributed by atoms with Crippen molar-refractivity contribution in [2.45, 2.75) is 32.2 Å². The van der Waals surface area contributed by atoms with Crippen molar-refractivity contribution in [3.05, 3.63) is 17.3 Å². The Labute approximate surface area is 117 Å². The summed E-state index contributed by atoms with van der Waals surface area (Å²) in [5, 5.41) is 6.78. The lowest BCUT2D eigenvalue weighted by Gasteiger charge is -2.18. The fourth-order valence-corrected chi connectivity index (χ4v) is 3.10. The van der Waals surface area contributed by atoms with Gasteiger partial charge in [0.1, 0.15) is 16.5 Å². The van der Waals surface area contributed by atoms with E-state index >= 15 is 0 Å². The van der Waals surface area contributed by atoms with Crippen molar-refractivity contribution < 1.29 is 4.74 Å². The van der Waals surface area contributed by atoms with Crippen LogP contribution in [-0.4, -0.2) is 29.7 Å². The van der Waals surface area contributed by atoms with Gasteiger partial charge in [-0.2, -0.15) is 0 Å². The van der Waals surface area contributed by atoms with Crippen LogP contribution in [0.1, 0.15) is 25.6 Å². The summed E-state index contributed by atoms with van der Waals surface area (Å²) in [5.74, 6) is 2.61. The van der Waals surface area contributed by atoms with E-state index < -0.39 is 0 Å². The Balaban J connectivity index is 1.91. The number of thiophene rings is 1. The minimum atomic E-state index is 0.368. The summed E-state index contributed by atoms with van der Waals surface area (Å²) in [6, 6.07) is 2.46. The number of aryl methyl sites for hydroxylation is 1. The number of aromatic nitrogens is 2. The molecule has 0 saturated heterocycles. The SMILES string of the molecule is CCc1nc(NC(COC)C2CC2)c2ccsc2n1. The topological polar surface area (TPSA) is 47.0 Å². The molecule has 5 heteroatoms. The van der Waals surface area contributed by atoms with E-state index in [1.807, 2.05) is 0 Å². The lowest BCUT2D eigenvalue weighted by Crippen LogP contribution is -2.28.